The molecular weight excluding hydrogens is 474 g/mol. The summed E-state index contributed by atoms with van der Waals surface area (Å²) in [5.41, 5.74) is 1.25. The van der Waals surface area contributed by atoms with Crippen molar-refractivity contribution in [2.24, 2.45) is 0 Å². The van der Waals surface area contributed by atoms with Crippen LogP contribution in [0, 0.1) is 0 Å². The maximum atomic E-state index is 14.1. The zero-order chi connectivity index (χ0) is 25.7. The molecule has 0 bridgehead atoms. The van der Waals surface area contributed by atoms with Crippen molar-refractivity contribution < 1.29 is 19.3 Å². The molecule has 6 rings (SSSR count). The topological polar surface area (TPSA) is 95.2 Å². The van der Waals surface area contributed by atoms with Gasteiger partial charge in [-0.1, -0.05) is 36.4 Å². The highest BCUT2D eigenvalue weighted by atomic mass is 16.7. The summed E-state index contributed by atoms with van der Waals surface area (Å²) in [6.45, 7) is 0.676. The molecule has 9 heteroatoms. The summed E-state index contributed by atoms with van der Waals surface area (Å²) in [5.74, 6) is 1.07. The van der Waals surface area contributed by atoms with Crippen LogP contribution in [0.15, 0.2) is 76.3 Å². The molecule has 1 atom stereocenters. The molecule has 0 saturated carbocycles. The van der Waals surface area contributed by atoms with E-state index in [4.69, 9.17) is 14.2 Å². The quantitative estimate of drug-likeness (QED) is 0.461. The van der Waals surface area contributed by atoms with Gasteiger partial charge in [0.15, 0.2) is 11.5 Å². The summed E-state index contributed by atoms with van der Waals surface area (Å²) in [6, 6.07) is 18.7. The van der Waals surface area contributed by atoms with Crippen molar-refractivity contribution >= 4 is 0 Å². The number of aromatic nitrogens is 2. The Hall–Kier alpha value is -4.50. The second-order valence-electron chi connectivity index (χ2n) is 9.02. The third-order valence-corrected chi connectivity index (χ3v) is 6.97. The Bertz CT molecular complexity index is 1610. The fraction of sp³-hybridized carbons (Fsp3) is 0.214. The number of nitrogens with zero attached hydrogens (tertiary/aromatic N) is 3. The number of benzene rings is 3. The summed E-state index contributed by atoms with van der Waals surface area (Å²) in [4.78, 5) is 29.9. The molecule has 0 saturated heterocycles. The van der Waals surface area contributed by atoms with Gasteiger partial charge in [-0.15, -0.1) is 0 Å². The Morgan fingerprint density at radius 3 is 2.22 bits per heavy atom. The number of rotatable bonds is 4. The average molecular weight is 500 g/mol. The van der Waals surface area contributed by atoms with E-state index < -0.39 is 23.2 Å². The smallest absolute Gasteiger partial charge is 0.343 e. The lowest BCUT2D eigenvalue weighted by Gasteiger charge is -2.36. The number of methoxy groups -OCH3 is 1. The van der Waals surface area contributed by atoms with Crippen LogP contribution < -0.4 is 25.5 Å². The van der Waals surface area contributed by atoms with Crippen LogP contribution in [0.4, 0.5) is 0 Å². The van der Waals surface area contributed by atoms with E-state index >= 15 is 0 Å². The van der Waals surface area contributed by atoms with E-state index in [0.29, 0.717) is 47.2 Å². The molecular formula is C28H25N3O6. The molecule has 0 unspecified atom stereocenters. The summed E-state index contributed by atoms with van der Waals surface area (Å²) in [6.07, 6.45) is 0.682. The van der Waals surface area contributed by atoms with E-state index in [1.165, 1.54) is 11.7 Å². The molecule has 0 radical (unpaired) electrons. The molecule has 1 aromatic heterocycles. The van der Waals surface area contributed by atoms with Crippen LogP contribution in [0.3, 0.4) is 0 Å². The number of aromatic hydroxyl groups is 1. The molecule has 4 aromatic rings. The van der Waals surface area contributed by atoms with Gasteiger partial charge in [0.2, 0.25) is 18.4 Å². The van der Waals surface area contributed by atoms with Crippen molar-refractivity contribution in [3.05, 3.63) is 104 Å². The van der Waals surface area contributed by atoms with Crippen molar-refractivity contribution in [3.63, 3.8) is 0 Å². The lowest BCUT2D eigenvalue weighted by Crippen LogP contribution is -2.44. The first-order valence-corrected chi connectivity index (χ1v) is 11.9. The first kappa shape index (κ1) is 22.9. The summed E-state index contributed by atoms with van der Waals surface area (Å²) >= 11 is 0. The molecule has 0 fully saturated rings. The second kappa shape index (κ2) is 8.86. The molecule has 0 amide bonds. The first-order valence-electron chi connectivity index (χ1n) is 11.9. The number of ether oxygens (including phenoxy) is 3. The molecule has 3 aromatic carbocycles. The van der Waals surface area contributed by atoms with Gasteiger partial charge >= 0.3 is 5.69 Å². The SMILES string of the molecule is COc1c2c(cc3c1[C@@H](c1c(O)n(-c4ccccc4)c(=O)n(-c4ccccc4)c1=O)N(C)CC3)OCO2. The van der Waals surface area contributed by atoms with E-state index in [2.05, 4.69) is 0 Å². The van der Waals surface area contributed by atoms with Crippen LogP contribution in [0.5, 0.6) is 23.1 Å². The molecule has 3 heterocycles. The Balaban J connectivity index is 1.71. The number of hydrogen-bond acceptors (Lipinski definition) is 7. The summed E-state index contributed by atoms with van der Waals surface area (Å²) in [5, 5.41) is 11.7. The number of hydrogen-bond donors (Lipinski definition) is 1. The van der Waals surface area contributed by atoms with E-state index in [0.717, 1.165) is 10.1 Å². The minimum atomic E-state index is -0.716. The van der Waals surface area contributed by atoms with E-state index in [-0.39, 0.29) is 12.4 Å². The lowest BCUT2D eigenvalue weighted by atomic mass is 9.87. The van der Waals surface area contributed by atoms with E-state index in [1.807, 2.05) is 30.1 Å². The van der Waals surface area contributed by atoms with Gasteiger partial charge in [0.05, 0.1) is 24.5 Å². The highest BCUT2D eigenvalue weighted by molar-refractivity contribution is 5.63. The van der Waals surface area contributed by atoms with Gasteiger partial charge in [0.1, 0.15) is 5.56 Å². The van der Waals surface area contributed by atoms with Crippen molar-refractivity contribution in [1.82, 2.24) is 14.0 Å². The number of para-hydroxylation sites is 2. The maximum absolute atomic E-state index is 14.1. The van der Waals surface area contributed by atoms with Gasteiger partial charge < -0.3 is 19.3 Å². The third-order valence-electron chi connectivity index (χ3n) is 6.97. The molecule has 188 valence electrons. The highest BCUT2D eigenvalue weighted by Crippen LogP contribution is 2.51. The monoisotopic (exact) mass is 499 g/mol. The third kappa shape index (κ3) is 3.50. The zero-order valence-corrected chi connectivity index (χ0v) is 20.4. The van der Waals surface area contributed by atoms with Gasteiger partial charge in [0, 0.05) is 12.1 Å². The van der Waals surface area contributed by atoms with Gasteiger partial charge in [-0.25, -0.2) is 13.9 Å². The fourth-order valence-electron chi connectivity index (χ4n) is 5.27. The molecule has 0 spiro atoms. The minimum absolute atomic E-state index is 0.0629. The van der Waals surface area contributed by atoms with Crippen LogP contribution in [-0.4, -0.2) is 46.6 Å². The molecule has 1 N–H and O–H groups in total. The number of fused-ring (bicyclic) bond motifs is 2. The molecule has 37 heavy (non-hydrogen) atoms. The van der Waals surface area contributed by atoms with Gasteiger partial charge in [0.25, 0.3) is 5.56 Å². The highest BCUT2D eigenvalue weighted by Gasteiger charge is 2.39. The molecule has 0 aliphatic carbocycles. The second-order valence-corrected chi connectivity index (χ2v) is 9.02. The Morgan fingerprint density at radius 2 is 1.57 bits per heavy atom. The maximum Gasteiger partial charge on any atom is 0.343 e. The van der Waals surface area contributed by atoms with Crippen molar-refractivity contribution in [3.8, 4) is 34.5 Å². The number of likely N-dealkylation sites (N-methyl/N-ethyl adjacent to an activating group) is 1. The Kier molecular flexibility index (Phi) is 5.49. The first-order chi connectivity index (χ1) is 18.0. The van der Waals surface area contributed by atoms with Crippen LogP contribution in [0.25, 0.3) is 11.4 Å². The van der Waals surface area contributed by atoms with E-state index in [9.17, 15) is 14.7 Å². The predicted molar refractivity (Wildman–Crippen MR) is 137 cm³/mol. The Labute approximate surface area is 212 Å². The van der Waals surface area contributed by atoms with Crippen LogP contribution in [0.1, 0.15) is 22.7 Å². The van der Waals surface area contributed by atoms with Crippen LogP contribution in [-0.2, 0) is 6.42 Å². The van der Waals surface area contributed by atoms with Crippen LogP contribution >= 0.6 is 0 Å². The summed E-state index contributed by atoms with van der Waals surface area (Å²) in [7, 11) is 3.41. The fourth-order valence-corrected chi connectivity index (χ4v) is 5.27. The zero-order valence-electron chi connectivity index (χ0n) is 20.4. The van der Waals surface area contributed by atoms with Gasteiger partial charge in [-0.2, -0.15) is 0 Å². The van der Waals surface area contributed by atoms with Crippen LogP contribution in [0.2, 0.25) is 0 Å². The lowest BCUT2D eigenvalue weighted by molar-refractivity contribution is 0.170. The van der Waals surface area contributed by atoms with Crippen molar-refractivity contribution in [2.75, 3.05) is 27.5 Å². The standard InChI is InChI=1S/C28H25N3O6/c1-29-14-13-17-15-20-24(37-16-36-20)25(35-2)21(17)23(29)22-26(32)30(18-9-5-3-6-10-18)28(34)31(27(22)33)19-11-7-4-8-12-19/h3-12,15,23,32H,13-14,16H2,1-2H3/t23-/m0/s1. The van der Waals surface area contributed by atoms with Gasteiger partial charge in [-0.3, -0.25) is 9.69 Å². The minimum Gasteiger partial charge on any atom is -0.494 e. The normalized spacial score (nSPS) is 16.4. The van der Waals surface area contributed by atoms with Crippen molar-refractivity contribution in [1.29, 1.82) is 0 Å². The largest absolute Gasteiger partial charge is 0.494 e. The molecule has 9 nitrogen and oxygen atoms in total. The van der Waals surface area contributed by atoms with Gasteiger partial charge in [-0.05, 0) is 49.4 Å². The van der Waals surface area contributed by atoms with Crippen molar-refractivity contribution in [2.45, 2.75) is 12.5 Å². The Morgan fingerprint density at radius 1 is 0.919 bits per heavy atom. The van der Waals surface area contributed by atoms with E-state index in [1.54, 1.807) is 48.5 Å². The average Bonchev–Trinajstić information content (AvgIpc) is 3.38. The molecule has 2 aliphatic heterocycles. The predicted octanol–water partition coefficient (Wildman–Crippen LogP) is 3.01. The molecule has 2 aliphatic rings. The summed E-state index contributed by atoms with van der Waals surface area (Å²) < 4.78 is 19.4.